The molecular formula is C31H39N5O3. The number of amides is 2. The molecule has 8 nitrogen and oxygen atoms in total. The summed E-state index contributed by atoms with van der Waals surface area (Å²) in [5.74, 6) is 2.12. The van der Waals surface area contributed by atoms with Gasteiger partial charge in [0.1, 0.15) is 11.5 Å². The van der Waals surface area contributed by atoms with Crippen LogP contribution in [-0.4, -0.2) is 65.3 Å². The number of hydrogen-bond donors (Lipinski definition) is 3. The molecule has 5 aliphatic carbocycles. The lowest BCUT2D eigenvalue weighted by molar-refractivity contribution is -0.136. The molecule has 2 heterocycles. The third-order valence-electron chi connectivity index (χ3n) is 9.83. The molecule has 6 fully saturated rings. The number of aliphatic hydroxyl groups is 1. The van der Waals surface area contributed by atoms with Crippen LogP contribution in [0.1, 0.15) is 72.7 Å². The van der Waals surface area contributed by atoms with E-state index in [1.807, 2.05) is 42.5 Å². The maximum absolute atomic E-state index is 13.3. The molecule has 0 radical (unpaired) electrons. The highest BCUT2D eigenvalue weighted by molar-refractivity contribution is 5.95. The zero-order valence-corrected chi connectivity index (χ0v) is 22.7. The van der Waals surface area contributed by atoms with Crippen molar-refractivity contribution < 1.29 is 14.7 Å². The Morgan fingerprint density at radius 3 is 2.36 bits per heavy atom. The summed E-state index contributed by atoms with van der Waals surface area (Å²) >= 11 is 0. The zero-order chi connectivity index (χ0) is 26.7. The number of benzene rings is 1. The highest BCUT2D eigenvalue weighted by Gasteiger charge is 2.55. The third-order valence-corrected chi connectivity index (χ3v) is 9.83. The summed E-state index contributed by atoms with van der Waals surface area (Å²) < 4.78 is 0. The number of carbonyl (C=O) groups excluding carboxylic acids is 2. The maximum Gasteiger partial charge on any atom is 0.270 e. The average molecular weight is 530 g/mol. The summed E-state index contributed by atoms with van der Waals surface area (Å²) in [5.41, 5.74) is 1.79. The van der Waals surface area contributed by atoms with E-state index < -0.39 is 5.60 Å². The number of carbonyl (C=O) groups is 2. The summed E-state index contributed by atoms with van der Waals surface area (Å²) in [6, 6.07) is 14.4. The Balaban J connectivity index is 0.984. The Morgan fingerprint density at radius 1 is 0.949 bits per heavy atom. The van der Waals surface area contributed by atoms with Crippen LogP contribution >= 0.6 is 0 Å². The van der Waals surface area contributed by atoms with Crippen LogP contribution in [0, 0.1) is 17.8 Å². The number of nitrogens with one attached hydrogen (secondary N) is 2. The zero-order valence-electron chi connectivity index (χ0n) is 22.7. The van der Waals surface area contributed by atoms with Gasteiger partial charge in [-0.05, 0) is 106 Å². The molecule has 4 bridgehead atoms. The van der Waals surface area contributed by atoms with Gasteiger partial charge in [-0.25, -0.2) is 4.98 Å². The molecule has 3 atom stereocenters. The summed E-state index contributed by atoms with van der Waals surface area (Å²) in [6.07, 6.45) is 6.99. The summed E-state index contributed by atoms with van der Waals surface area (Å²) in [4.78, 5) is 35.1. The predicted octanol–water partition coefficient (Wildman–Crippen LogP) is 3.36. The van der Waals surface area contributed by atoms with Gasteiger partial charge in [0.2, 0.25) is 0 Å². The molecule has 8 heteroatoms. The van der Waals surface area contributed by atoms with Gasteiger partial charge in [-0.15, -0.1) is 0 Å². The van der Waals surface area contributed by atoms with E-state index in [-0.39, 0.29) is 23.9 Å². The van der Waals surface area contributed by atoms with Gasteiger partial charge in [0.25, 0.3) is 11.8 Å². The third kappa shape index (κ3) is 4.88. The van der Waals surface area contributed by atoms with Gasteiger partial charge in [-0.1, -0.05) is 6.07 Å². The van der Waals surface area contributed by atoms with E-state index >= 15 is 0 Å². The van der Waals surface area contributed by atoms with Crippen LogP contribution in [0.4, 0.5) is 11.5 Å². The average Bonchev–Trinajstić information content (AvgIpc) is 3.74. The van der Waals surface area contributed by atoms with Crippen LogP contribution in [0.3, 0.4) is 0 Å². The minimum Gasteiger partial charge on any atom is -0.390 e. The Kier molecular flexibility index (Phi) is 6.06. The van der Waals surface area contributed by atoms with Crippen molar-refractivity contribution in [1.82, 2.24) is 15.6 Å². The van der Waals surface area contributed by atoms with Crippen molar-refractivity contribution in [3.05, 3.63) is 53.7 Å². The van der Waals surface area contributed by atoms with Crippen LogP contribution in [-0.2, 0) is 0 Å². The lowest BCUT2D eigenvalue weighted by Crippen LogP contribution is -2.61. The molecule has 1 aliphatic heterocycles. The molecule has 6 aliphatic rings. The van der Waals surface area contributed by atoms with Gasteiger partial charge < -0.3 is 25.5 Å². The molecule has 8 rings (SSSR count). The maximum atomic E-state index is 13.3. The van der Waals surface area contributed by atoms with Crippen molar-refractivity contribution in [1.29, 1.82) is 0 Å². The predicted molar refractivity (Wildman–Crippen MR) is 150 cm³/mol. The summed E-state index contributed by atoms with van der Waals surface area (Å²) in [5, 5.41) is 17.3. The van der Waals surface area contributed by atoms with E-state index in [1.165, 1.54) is 0 Å². The lowest BCUT2D eigenvalue weighted by Gasteiger charge is -2.58. The molecule has 2 unspecified atom stereocenters. The van der Waals surface area contributed by atoms with Gasteiger partial charge in [-0.2, -0.15) is 0 Å². The van der Waals surface area contributed by atoms with E-state index in [9.17, 15) is 14.7 Å². The second-order valence-electron chi connectivity index (χ2n) is 12.9. The Labute approximate surface area is 230 Å². The molecule has 2 amide bonds. The van der Waals surface area contributed by atoms with Crippen molar-refractivity contribution in [3.8, 4) is 0 Å². The minimum absolute atomic E-state index is 0.0119. The molecule has 39 heavy (non-hydrogen) atoms. The number of nitrogens with zero attached hydrogens (tertiary/aromatic N) is 3. The van der Waals surface area contributed by atoms with E-state index in [0.717, 1.165) is 76.1 Å². The van der Waals surface area contributed by atoms with E-state index in [4.69, 9.17) is 4.98 Å². The number of hydrogen-bond acceptors (Lipinski definition) is 6. The van der Waals surface area contributed by atoms with Crippen LogP contribution in [0.2, 0.25) is 0 Å². The van der Waals surface area contributed by atoms with Gasteiger partial charge in [0.15, 0.2) is 0 Å². The monoisotopic (exact) mass is 529 g/mol. The Bertz CT molecular complexity index is 1250. The normalized spacial score (nSPS) is 33.2. The molecule has 1 saturated heterocycles. The first-order valence-electron chi connectivity index (χ1n) is 14.8. The Hall–Kier alpha value is -3.13. The molecule has 1 aromatic heterocycles. The van der Waals surface area contributed by atoms with Crippen molar-refractivity contribution in [2.75, 3.05) is 29.4 Å². The summed E-state index contributed by atoms with van der Waals surface area (Å²) in [6.45, 7) is 4.67. The van der Waals surface area contributed by atoms with Crippen LogP contribution in [0.15, 0.2) is 42.5 Å². The van der Waals surface area contributed by atoms with Crippen LogP contribution in [0.5, 0.6) is 0 Å². The summed E-state index contributed by atoms with van der Waals surface area (Å²) in [7, 11) is 0. The van der Waals surface area contributed by atoms with E-state index in [0.29, 0.717) is 35.1 Å². The quantitative estimate of drug-likeness (QED) is 0.531. The SMILES string of the molecule is C[C@@H]1CN(c2ccc(C(=O)NC3CC3)cc2)CCN1c1cccc(C(=O)NC2C3CC4CC2CC(O)(C4)C3)n1. The van der Waals surface area contributed by atoms with E-state index in [2.05, 4.69) is 27.4 Å². The number of aromatic nitrogens is 1. The highest BCUT2D eigenvalue weighted by atomic mass is 16.3. The van der Waals surface area contributed by atoms with Gasteiger partial charge >= 0.3 is 0 Å². The first-order valence-corrected chi connectivity index (χ1v) is 14.8. The van der Waals surface area contributed by atoms with Crippen LogP contribution < -0.4 is 20.4 Å². The smallest absolute Gasteiger partial charge is 0.270 e. The first-order chi connectivity index (χ1) is 18.8. The molecule has 3 N–H and O–H groups in total. The van der Waals surface area contributed by atoms with Crippen molar-refractivity contribution in [2.45, 2.75) is 75.6 Å². The van der Waals surface area contributed by atoms with Crippen molar-refractivity contribution in [2.24, 2.45) is 17.8 Å². The number of rotatable bonds is 6. The molecular weight excluding hydrogens is 490 g/mol. The number of pyridine rings is 1. The Morgan fingerprint density at radius 2 is 1.69 bits per heavy atom. The number of anilines is 2. The fourth-order valence-electron chi connectivity index (χ4n) is 8.00. The first kappa shape index (κ1) is 24.9. The topological polar surface area (TPSA) is 97.8 Å². The van der Waals surface area contributed by atoms with Gasteiger partial charge in [-0.3, -0.25) is 9.59 Å². The molecule has 0 spiro atoms. The molecule has 206 valence electrons. The van der Waals surface area contributed by atoms with Crippen LogP contribution in [0.25, 0.3) is 0 Å². The van der Waals surface area contributed by atoms with Crippen molar-refractivity contribution >= 4 is 23.3 Å². The largest absolute Gasteiger partial charge is 0.390 e. The standard InChI is InChI=1S/C31H39N5O3/c1-19-18-35(25-9-5-21(6-10-25)29(37)32-24-7-8-24)11-12-36(19)27-4-2-3-26(33-27)30(38)34-28-22-13-20-14-23(28)17-31(39,15-20)16-22/h2-6,9-10,19-20,22-24,28,39H,7-8,11-18H2,1H3,(H,32,37)(H,34,38)/t19-,20?,22?,23?,28?,31?/m1/s1. The van der Waals surface area contributed by atoms with E-state index in [1.54, 1.807) is 0 Å². The van der Waals surface area contributed by atoms with Gasteiger partial charge in [0.05, 0.1) is 5.60 Å². The second-order valence-corrected chi connectivity index (χ2v) is 12.9. The minimum atomic E-state index is -0.499. The fraction of sp³-hybridized carbons (Fsp3) is 0.581. The van der Waals surface area contributed by atoms with Gasteiger partial charge in [0, 0.05) is 49.0 Å². The van der Waals surface area contributed by atoms with Crippen molar-refractivity contribution in [3.63, 3.8) is 0 Å². The lowest BCUT2D eigenvalue weighted by atomic mass is 9.52. The molecule has 2 aromatic rings. The highest BCUT2D eigenvalue weighted by Crippen LogP contribution is 2.55. The molecule has 1 aromatic carbocycles. The number of piperazine rings is 1. The fourth-order valence-corrected chi connectivity index (χ4v) is 8.00. The second kappa shape index (κ2) is 9.51. The molecule has 5 saturated carbocycles.